The molecule has 2 aromatic rings. The van der Waals surface area contributed by atoms with Gasteiger partial charge in [-0.15, -0.1) is 0 Å². The third kappa shape index (κ3) is 3.09. The molecule has 1 aliphatic heterocycles. The van der Waals surface area contributed by atoms with E-state index in [2.05, 4.69) is 19.8 Å². The Bertz CT molecular complexity index is 621. The number of methoxy groups -OCH3 is 1. The second-order valence-electron chi connectivity index (χ2n) is 5.06. The molecule has 0 spiro atoms. The Morgan fingerprint density at radius 2 is 2.00 bits per heavy atom. The standard InChI is InChI=1S/C15H18N4O3/c1-21-14(20)12-3-10-22-13(12)11-18-6-8-19(9-7-18)15-16-4-2-5-17-15/h2-5,10H,6-9,11H2,1H3. The van der Waals surface area contributed by atoms with Gasteiger partial charge in [-0.2, -0.15) is 0 Å². The van der Waals surface area contributed by atoms with Gasteiger partial charge in [-0.25, -0.2) is 14.8 Å². The van der Waals surface area contributed by atoms with Crippen molar-refractivity contribution in [2.45, 2.75) is 6.54 Å². The summed E-state index contributed by atoms with van der Waals surface area (Å²) < 4.78 is 10.2. The van der Waals surface area contributed by atoms with E-state index in [4.69, 9.17) is 9.15 Å². The molecule has 0 radical (unpaired) electrons. The lowest BCUT2D eigenvalue weighted by Gasteiger charge is -2.34. The van der Waals surface area contributed by atoms with Crippen LogP contribution in [0.3, 0.4) is 0 Å². The van der Waals surface area contributed by atoms with E-state index in [0.29, 0.717) is 17.9 Å². The second kappa shape index (κ2) is 6.57. The summed E-state index contributed by atoms with van der Waals surface area (Å²) in [7, 11) is 1.37. The Morgan fingerprint density at radius 3 is 2.68 bits per heavy atom. The number of carbonyl (C=O) groups is 1. The molecule has 1 aliphatic rings. The molecule has 0 aliphatic carbocycles. The summed E-state index contributed by atoms with van der Waals surface area (Å²) >= 11 is 0. The summed E-state index contributed by atoms with van der Waals surface area (Å²) in [5.74, 6) is 1.05. The largest absolute Gasteiger partial charge is 0.467 e. The normalized spacial score (nSPS) is 15.8. The maximum Gasteiger partial charge on any atom is 0.341 e. The summed E-state index contributed by atoms with van der Waals surface area (Å²) in [5, 5.41) is 0. The van der Waals surface area contributed by atoms with Crippen molar-refractivity contribution in [3.8, 4) is 0 Å². The van der Waals surface area contributed by atoms with Crippen molar-refractivity contribution in [3.63, 3.8) is 0 Å². The van der Waals surface area contributed by atoms with Crippen LogP contribution in [-0.2, 0) is 11.3 Å². The van der Waals surface area contributed by atoms with Gasteiger partial charge in [0.2, 0.25) is 5.95 Å². The molecule has 0 atom stereocenters. The number of hydrogen-bond donors (Lipinski definition) is 0. The van der Waals surface area contributed by atoms with Crippen LogP contribution in [0.15, 0.2) is 35.2 Å². The molecular weight excluding hydrogens is 284 g/mol. The first-order valence-corrected chi connectivity index (χ1v) is 7.17. The molecular formula is C15H18N4O3. The van der Waals surface area contributed by atoms with Gasteiger partial charge in [-0.05, 0) is 12.1 Å². The van der Waals surface area contributed by atoms with Crippen LogP contribution >= 0.6 is 0 Å². The van der Waals surface area contributed by atoms with Gasteiger partial charge in [0.15, 0.2) is 0 Å². The van der Waals surface area contributed by atoms with Crippen LogP contribution in [0.25, 0.3) is 0 Å². The SMILES string of the molecule is COC(=O)c1ccoc1CN1CCN(c2ncccn2)CC1. The van der Waals surface area contributed by atoms with E-state index in [1.807, 2.05) is 6.07 Å². The molecule has 1 saturated heterocycles. The van der Waals surface area contributed by atoms with Gasteiger partial charge < -0.3 is 14.1 Å². The Labute approximate surface area is 128 Å². The molecule has 0 bridgehead atoms. The zero-order chi connectivity index (χ0) is 15.4. The summed E-state index contributed by atoms with van der Waals surface area (Å²) in [6, 6.07) is 3.46. The van der Waals surface area contributed by atoms with Gasteiger partial charge in [0.25, 0.3) is 0 Å². The van der Waals surface area contributed by atoms with E-state index in [9.17, 15) is 4.79 Å². The number of rotatable bonds is 4. The third-order valence-corrected chi connectivity index (χ3v) is 3.73. The van der Waals surface area contributed by atoms with Crippen LogP contribution in [0.4, 0.5) is 5.95 Å². The first-order chi connectivity index (χ1) is 10.8. The summed E-state index contributed by atoms with van der Waals surface area (Å²) in [6.45, 7) is 4.01. The molecule has 7 nitrogen and oxygen atoms in total. The molecule has 22 heavy (non-hydrogen) atoms. The van der Waals surface area contributed by atoms with Gasteiger partial charge in [0.1, 0.15) is 11.3 Å². The smallest absolute Gasteiger partial charge is 0.341 e. The molecule has 1 fully saturated rings. The average molecular weight is 302 g/mol. The monoisotopic (exact) mass is 302 g/mol. The van der Waals surface area contributed by atoms with Crippen molar-refractivity contribution >= 4 is 11.9 Å². The van der Waals surface area contributed by atoms with Crippen LogP contribution in [0.5, 0.6) is 0 Å². The lowest BCUT2D eigenvalue weighted by molar-refractivity contribution is 0.0596. The Balaban J connectivity index is 1.59. The predicted molar refractivity (Wildman–Crippen MR) is 79.6 cm³/mol. The number of ether oxygens (including phenoxy) is 1. The Morgan fingerprint density at radius 1 is 1.27 bits per heavy atom. The van der Waals surface area contributed by atoms with Crippen molar-refractivity contribution in [1.29, 1.82) is 0 Å². The van der Waals surface area contributed by atoms with Gasteiger partial charge in [0, 0.05) is 38.6 Å². The molecule has 3 heterocycles. The van der Waals surface area contributed by atoms with E-state index in [-0.39, 0.29) is 5.97 Å². The highest BCUT2D eigenvalue weighted by Crippen LogP contribution is 2.17. The van der Waals surface area contributed by atoms with Crippen LogP contribution < -0.4 is 4.90 Å². The van der Waals surface area contributed by atoms with Crippen LogP contribution in [0, 0.1) is 0 Å². The summed E-state index contributed by atoms with van der Waals surface area (Å²) in [5.41, 5.74) is 0.497. The minimum atomic E-state index is -0.361. The van der Waals surface area contributed by atoms with Crippen LogP contribution in [-0.4, -0.2) is 54.1 Å². The van der Waals surface area contributed by atoms with Gasteiger partial charge in [0.05, 0.1) is 19.9 Å². The first kappa shape index (κ1) is 14.5. The zero-order valence-corrected chi connectivity index (χ0v) is 12.4. The molecule has 0 amide bonds. The molecule has 3 rings (SSSR count). The number of hydrogen-bond acceptors (Lipinski definition) is 7. The second-order valence-corrected chi connectivity index (χ2v) is 5.06. The van der Waals surface area contributed by atoms with Gasteiger partial charge in [-0.3, -0.25) is 4.90 Å². The fraction of sp³-hybridized carbons (Fsp3) is 0.400. The molecule has 0 N–H and O–H groups in total. The fourth-order valence-corrected chi connectivity index (χ4v) is 2.52. The van der Waals surface area contributed by atoms with Crippen molar-refractivity contribution in [1.82, 2.24) is 14.9 Å². The maximum absolute atomic E-state index is 11.6. The van der Waals surface area contributed by atoms with Crippen molar-refractivity contribution < 1.29 is 13.9 Å². The van der Waals surface area contributed by atoms with Crippen LogP contribution in [0.1, 0.15) is 16.1 Å². The molecule has 0 saturated carbocycles. The van der Waals surface area contributed by atoms with Crippen LogP contribution in [0.2, 0.25) is 0 Å². The van der Waals surface area contributed by atoms with Crippen molar-refractivity contribution in [2.75, 3.05) is 38.2 Å². The van der Waals surface area contributed by atoms with Gasteiger partial charge in [-0.1, -0.05) is 0 Å². The highest BCUT2D eigenvalue weighted by atomic mass is 16.5. The number of aromatic nitrogens is 2. The number of piperazine rings is 1. The van der Waals surface area contributed by atoms with Crippen molar-refractivity contribution in [3.05, 3.63) is 42.1 Å². The predicted octanol–water partition coefficient (Wildman–Crippen LogP) is 1.18. The number of furan rings is 1. The highest BCUT2D eigenvalue weighted by Gasteiger charge is 2.22. The number of nitrogens with zero attached hydrogens (tertiary/aromatic N) is 4. The first-order valence-electron chi connectivity index (χ1n) is 7.17. The summed E-state index contributed by atoms with van der Waals surface area (Å²) in [4.78, 5) is 24.6. The molecule has 116 valence electrons. The average Bonchev–Trinajstić information content (AvgIpc) is 3.04. The quantitative estimate of drug-likeness (QED) is 0.785. The van der Waals surface area contributed by atoms with Crippen molar-refractivity contribution in [2.24, 2.45) is 0 Å². The topological polar surface area (TPSA) is 71.7 Å². The fourth-order valence-electron chi connectivity index (χ4n) is 2.52. The Hall–Kier alpha value is -2.41. The minimum Gasteiger partial charge on any atom is -0.467 e. The Kier molecular flexibility index (Phi) is 4.34. The maximum atomic E-state index is 11.6. The molecule has 0 aromatic carbocycles. The summed E-state index contributed by atoms with van der Waals surface area (Å²) in [6.07, 6.45) is 5.02. The number of esters is 1. The lowest BCUT2D eigenvalue weighted by atomic mass is 10.2. The molecule has 0 unspecified atom stereocenters. The van der Waals surface area contributed by atoms with E-state index in [0.717, 1.165) is 32.1 Å². The van der Waals surface area contributed by atoms with E-state index < -0.39 is 0 Å². The minimum absolute atomic E-state index is 0.361. The molecule has 7 heteroatoms. The number of carbonyl (C=O) groups excluding carboxylic acids is 1. The molecule has 2 aromatic heterocycles. The van der Waals surface area contributed by atoms with E-state index >= 15 is 0 Å². The highest BCUT2D eigenvalue weighted by molar-refractivity contribution is 5.90. The van der Waals surface area contributed by atoms with E-state index in [1.165, 1.54) is 13.4 Å². The number of anilines is 1. The lowest BCUT2D eigenvalue weighted by Crippen LogP contribution is -2.46. The zero-order valence-electron chi connectivity index (χ0n) is 12.4. The van der Waals surface area contributed by atoms with E-state index in [1.54, 1.807) is 18.5 Å². The van der Waals surface area contributed by atoms with Gasteiger partial charge >= 0.3 is 5.97 Å². The third-order valence-electron chi connectivity index (χ3n) is 3.73.